The maximum absolute atomic E-state index is 5.82. The van der Waals surface area contributed by atoms with E-state index in [0.717, 1.165) is 49.1 Å². The minimum Gasteiger partial charge on any atom is -0.497 e. The fraction of sp³-hybridized carbons (Fsp3) is 0.500. The zero-order valence-electron chi connectivity index (χ0n) is 11.5. The molecule has 0 radical (unpaired) electrons. The first-order chi connectivity index (χ1) is 9.29. The molecule has 1 atom stereocenters. The highest BCUT2D eigenvalue weighted by Gasteiger charge is 2.17. The fourth-order valence-electron chi connectivity index (χ4n) is 2.27. The van der Waals surface area contributed by atoms with Gasteiger partial charge in [0.25, 0.3) is 0 Å². The summed E-state index contributed by atoms with van der Waals surface area (Å²) in [7, 11) is 0. The van der Waals surface area contributed by atoms with E-state index in [1.54, 1.807) is 0 Å². The Morgan fingerprint density at radius 1 is 1.32 bits per heavy atom. The average molecular weight is 324 g/mol. The predicted octanol–water partition coefficient (Wildman–Crippen LogP) is 4.05. The second-order valence-corrected chi connectivity index (χ2v) is 5.85. The molecule has 0 amide bonds. The molecule has 0 saturated heterocycles. The minimum atomic E-state index is 0.307. The summed E-state index contributed by atoms with van der Waals surface area (Å²) < 4.78 is 6.95. The van der Waals surface area contributed by atoms with Crippen molar-refractivity contribution in [3.05, 3.63) is 46.1 Å². The van der Waals surface area contributed by atoms with E-state index in [1.807, 2.05) is 0 Å². The molecule has 1 aromatic rings. The number of hydrogen-bond acceptors (Lipinski definition) is 2. The number of halogens is 1. The molecule has 19 heavy (non-hydrogen) atoms. The normalized spacial score (nSPS) is 16.6. The van der Waals surface area contributed by atoms with Crippen LogP contribution in [0.15, 0.2) is 40.6 Å². The van der Waals surface area contributed by atoms with Gasteiger partial charge in [0.05, 0.1) is 12.6 Å². The molecule has 0 aromatic heterocycles. The molecule has 1 aliphatic heterocycles. The molecule has 2 rings (SSSR count). The van der Waals surface area contributed by atoms with Crippen LogP contribution in [0.1, 0.15) is 31.7 Å². The SMILES string of the molecule is CCCNC(Cc1ccc(Br)cc1)C1=CCCCO1. The summed E-state index contributed by atoms with van der Waals surface area (Å²) in [4.78, 5) is 0. The Bertz CT molecular complexity index is 413. The summed E-state index contributed by atoms with van der Waals surface area (Å²) in [6, 6.07) is 8.86. The molecule has 2 nitrogen and oxygen atoms in total. The van der Waals surface area contributed by atoms with E-state index in [9.17, 15) is 0 Å². The molecule has 0 aliphatic carbocycles. The molecule has 1 heterocycles. The van der Waals surface area contributed by atoms with Gasteiger partial charge in [0.2, 0.25) is 0 Å². The van der Waals surface area contributed by atoms with Gasteiger partial charge < -0.3 is 10.1 Å². The molecule has 1 unspecified atom stereocenters. The lowest BCUT2D eigenvalue weighted by molar-refractivity contribution is 0.167. The van der Waals surface area contributed by atoms with Gasteiger partial charge in [-0.15, -0.1) is 0 Å². The number of hydrogen-bond donors (Lipinski definition) is 1. The van der Waals surface area contributed by atoms with Crippen LogP contribution in [-0.2, 0) is 11.2 Å². The van der Waals surface area contributed by atoms with Crippen molar-refractivity contribution in [2.45, 2.75) is 38.6 Å². The quantitative estimate of drug-likeness (QED) is 0.852. The Morgan fingerprint density at radius 3 is 2.74 bits per heavy atom. The summed E-state index contributed by atoms with van der Waals surface area (Å²) in [5, 5.41) is 3.60. The molecule has 104 valence electrons. The Balaban J connectivity index is 2.04. The third-order valence-electron chi connectivity index (χ3n) is 3.30. The Hall–Kier alpha value is -0.800. The van der Waals surface area contributed by atoms with Crippen LogP contribution < -0.4 is 5.32 Å². The monoisotopic (exact) mass is 323 g/mol. The van der Waals surface area contributed by atoms with E-state index in [-0.39, 0.29) is 0 Å². The van der Waals surface area contributed by atoms with Crippen molar-refractivity contribution in [1.82, 2.24) is 5.32 Å². The molecule has 1 aromatic carbocycles. The van der Waals surface area contributed by atoms with Gasteiger partial charge in [-0.2, -0.15) is 0 Å². The minimum absolute atomic E-state index is 0.307. The van der Waals surface area contributed by atoms with Gasteiger partial charge in [0.1, 0.15) is 5.76 Å². The van der Waals surface area contributed by atoms with E-state index in [2.05, 4.69) is 58.5 Å². The molecule has 1 aliphatic rings. The van der Waals surface area contributed by atoms with Crippen molar-refractivity contribution in [3.63, 3.8) is 0 Å². The van der Waals surface area contributed by atoms with Gasteiger partial charge in [-0.3, -0.25) is 0 Å². The van der Waals surface area contributed by atoms with Gasteiger partial charge in [-0.1, -0.05) is 35.0 Å². The lowest BCUT2D eigenvalue weighted by atomic mass is 10.0. The Morgan fingerprint density at radius 2 is 2.11 bits per heavy atom. The van der Waals surface area contributed by atoms with Crippen LogP contribution in [0.5, 0.6) is 0 Å². The predicted molar refractivity (Wildman–Crippen MR) is 83.2 cm³/mol. The van der Waals surface area contributed by atoms with E-state index in [4.69, 9.17) is 4.74 Å². The van der Waals surface area contributed by atoms with Gasteiger partial charge in [0.15, 0.2) is 0 Å². The van der Waals surface area contributed by atoms with Crippen LogP contribution in [0.25, 0.3) is 0 Å². The number of benzene rings is 1. The summed E-state index contributed by atoms with van der Waals surface area (Å²) in [5.41, 5.74) is 1.34. The zero-order valence-corrected chi connectivity index (χ0v) is 13.1. The fourth-order valence-corrected chi connectivity index (χ4v) is 2.53. The third kappa shape index (κ3) is 4.66. The highest BCUT2D eigenvalue weighted by molar-refractivity contribution is 9.10. The van der Waals surface area contributed by atoms with Crippen molar-refractivity contribution >= 4 is 15.9 Å². The van der Waals surface area contributed by atoms with Crippen molar-refractivity contribution in [2.75, 3.05) is 13.2 Å². The molecule has 0 spiro atoms. The molecule has 0 saturated carbocycles. The number of ether oxygens (including phenoxy) is 1. The van der Waals surface area contributed by atoms with Crippen LogP contribution in [-0.4, -0.2) is 19.2 Å². The van der Waals surface area contributed by atoms with E-state index in [1.165, 1.54) is 5.56 Å². The number of allylic oxidation sites excluding steroid dienone is 1. The Labute approximate surface area is 124 Å². The van der Waals surface area contributed by atoms with Crippen molar-refractivity contribution < 1.29 is 4.74 Å². The lowest BCUT2D eigenvalue weighted by Gasteiger charge is -2.25. The van der Waals surface area contributed by atoms with Gasteiger partial charge in [-0.05, 0) is 56.0 Å². The summed E-state index contributed by atoms with van der Waals surface area (Å²) >= 11 is 3.48. The molecular weight excluding hydrogens is 302 g/mol. The van der Waals surface area contributed by atoms with Crippen molar-refractivity contribution in [3.8, 4) is 0 Å². The number of rotatable bonds is 6. The molecule has 3 heteroatoms. The Kier molecular flexibility index (Phi) is 5.93. The van der Waals surface area contributed by atoms with Gasteiger partial charge in [0, 0.05) is 4.47 Å². The zero-order chi connectivity index (χ0) is 13.5. The van der Waals surface area contributed by atoms with E-state index >= 15 is 0 Å². The van der Waals surface area contributed by atoms with Crippen molar-refractivity contribution in [1.29, 1.82) is 0 Å². The smallest absolute Gasteiger partial charge is 0.109 e. The average Bonchev–Trinajstić information content (AvgIpc) is 2.46. The van der Waals surface area contributed by atoms with Gasteiger partial charge >= 0.3 is 0 Å². The second-order valence-electron chi connectivity index (χ2n) is 4.93. The summed E-state index contributed by atoms with van der Waals surface area (Å²) in [6.07, 6.45) is 6.65. The van der Waals surface area contributed by atoms with Crippen LogP contribution in [0, 0.1) is 0 Å². The first-order valence-corrected chi connectivity index (χ1v) is 7.89. The standard InChI is InChI=1S/C16H22BrNO/c1-2-10-18-15(16-5-3-4-11-19-16)12-13-6-8-14(17)9-7-13/h5-9,15,18H,2-4,10-12H2,1H3. The first kappa shape index (κ1) is 14.6. The highest BCUT2D eigenvalue weighted by atomic mass is 79.9. The summed E-state index contributed by atoms with van der Waals surface area (Å²) in [6.45, 7) is 4.08. The van der Waals surface area contributed by atoms with Crippen molar-refractivity contribution in [2.24, 2.45) is 0 Å². The van der Waals surface area contributed by atoms with E-state index in [0.29, 0.717) is 6.04 Å². The highest BCUT2D eigenvalue weighted by Crippen LogP contribution is 2.18. The topological polar surface area (TPSA) is 21.3 Å². The lowest BCUT2D eigenvalue weighted by Crippen LogP contribution is -2.35. The second kappa shape index (κ2) is 7.71. The van der Waals surface area contributed by atoms with Crippen LogP contribution >= 0.6 is 15.9 Å². The maximum Gasteiger partial charge on any atom is 0.109 e. The third-order valence-corrected chi connectivity index (χ3v) is 3.83. The number of nitrogens with one attached hydrogen (secondary N) is 1. The van der Waals surface area contributed by atoms with Gasteiger partial charge in [-0.25, -0.2) is 0 Å². The molecule has 0 bridgehead atoms. The first-order valence-electron chi connectivity index (χ1n) is 7.10. The molecular formula is C16H22BrNO. The van der Waals surface area contributed by atoms with Crippen LogP contribution in [0.3, 0.4) is 0 Å². The van der Waals surface area contributed by atoms with E-state index < -0.39 is 0 Å². The maximum atomic E-state index is 5.82. The van der Waals surface area contributed by atoms with Crippen LogP contribution in [0.2, 0.25) is 0 Å². The molecule has 1 N–H and O–H groups in total. The van der Waals surface area contributed by atoms with Crippen LogP contribution in [0.4, 0.5) is 0 Å². The molecule has 0 fully saturated rings. The largest absolute Gasteiger partial charge is 0.497 e. The summed E-state index contributed by atoms with van der Waals surface area (Å²) in [5.74, 6) is 1.13.